The monoisotopic (exact) mass is 511 g/mol. The van der Waals surface area contributed by atoms with Crippen molar-refractivity contribution in [2.24, 2.45) is 0 Å². The van der Waals surface area contributed by atoms with E-state index in [1.54, 1.807) is 48.6 Å². The lowest BCUT2D eigenvalue weighted by atomic mass is 10.2. The van der Waals surface area contributed by atoms with E-state index in [1.165, 1.54) is 28.8 Å². The molecular weight excluding hydrogens is 497 g/mol. The average molecular weight is 511 g/mol. The lowest BCUT2D eigenvalue weighted by molar-refractivity contribution is -0.384. The molecule has 1 aromatic heterocycles. The third kappa shape index (κ3) is 3.94. The van der Waals surface area contributed by atoms with Gasteiger partial charge in [0.25, 0.3) is 11.2 Å². The number of benzene rings is 3. The molecule has 7 nitrogen and oxygen atoms in total. The topological polar surface area (TPSA) is 98.3 Å². The molecule has 0 fully saturated rings. The number of nitrogens with zero attached hydrogens (tertiary/aromatic N) is 3. The molecule has 0 aliphatic carbocycles. The van der Waals surface area contributed by atoms with Crippen LogP contribution in [-0.2, 0) is 0 Å². The molecule has 148 valence electrons. The third-order valence-electron chi connectivity index (χ3n) is 4.49. The van der Waals surface area contributed by atoms with Crippen molar-refractivity contribution < 1.29 is 10.0 Å². The van der Waals surface area contributed by atoms with Gasteiger partial charge in [-0.25, -0.2) is 4.98 Å². The van der Waals surface area contributed by atoms with Gasteiger partial charge in [-0.2, -0.15) is 0 Å². The number of phenolic OH excluding ortho intramolecular Hbond substituents is 1. The normalized spacial score (nSPS) is 11.2. The van der Waals surface area contributed by atoms with Crippen LogP contribution in [0, 0.1) is 13.7 Å². The van der Waals surface area contributed by atoms with Crippen molar-refractivity contribution in [1.29, 1.82) is 0 Å². The van der Waals surface area contributed by atoms with Crippen LogP contribution in [0.3, 0.4) is 0 Å². The number of phenols is 1. The first-order valence-electron chi connectivity index (χ1n) is 8.86. The zero-order chi connectivity index (χ0) is 21.3. The van der Waals surface area contributed by atoms with E-state index in [2.05, 4.69) is 27.6 Å². The summed E-state index contributed by atoms with van der Waals surface area (Å²) < 4.78 is 2.33. The summed E-state index contributed by atoms with van der Waals surface area (Å²) in [6.45, 7) is 0. The summed E-state index contributed by atoms with van der Waals surface area (Å²) in [4.78, 5) is 28.4. The Morgan fingerprint density at radius 2 is 1.70 bits per heavy atom. The Morgan fingerprint density at radius 1 is 1.00 bits per heavy atom. The Labute approximate surface area is 184 Å². The molecule has 0 aliphatic rings. The van der Waals surface area contributed by atoms with Crippen LogP contribution in [0.15, 0.2) is 71.5 Å². The average Bonchev–Trinajstić information content (AvgIpc) is 2.74. The molecule has 3 aromatic carbocycles. The van der Waals surface area contributed by atoms with Gasteiger partial charge < -0.3 is 5.11 Å². The maximum Gasteiger partial charge on any atom is 0.269 e. The summed E-state index contributed by atoms with van der Waals surface area (Å²) in [6.07, 6.45) is 3.48. The number of aromatic nitrogens is 2. The molecule has 4 aromatic rings. The van der Waals surface area contributed by atoms with Gasteiger partial charge in [0, 0.05) is 15.7 Å². The van der Waals surface area contributed by atoms with E-state index in [4.69, 9.17) is 0 Å². The number of hydrogen-bond acceptors (Lipinski definition) is 5. The van der Waals surface area contributed by atoms with Crippen molar-refractivity contribution in [2.75, 3.05) is 0 Å². The number of aromatic hydroxyl groups is 1. The van der Waals surface area contributed by atoms with Crippen LogP contribution < -0.4 is 5.56 Å². The Bertz CT molecular complexity index is 1340. The summed E-state index contributed by atoms with van der Waals surface area (Å²) in [7, 11) is 0. The summed E-state index contributed by atoms with van der Waals surface area (Å²) in [6, 6.07) is 17.8. The van der Waals surface area contributed by atoms with E-state index in [9.17, 15) is 20.0 Å². The van der Waals surface area contributed by atoms with Gasteiger partial charge in [-0.05, 0) is 76.7 Å². The number of halogens is 1. The predicted octanol–water partition coefficient (Wildman–Crippen LogP) is 4.77. The van der Waals surface area contributed by atoms with Gasteiger partial charge in [0.2, 0.25) is 0 Å². The quantitative estimate of drug-likeness (QED) is 0.242. The van der Waals surface area contributed by atoms with E-state index >= 15 is 0 Å². The highest BCUT2D eigenvalue weighted by Crippen LogP contribution is 2.20. The van der Waals surface area contributed by atoms with Gasteiger partial charge in [-0.1, -0.05) is 18.2 Å². The highest BCUT2D eigenvalue weighted by atomic mass is 127. The van der Waals surface area contributed by atoms with E-state index in [1.807, 2.05) is 6.07 Å². The van der Waals surface area contributed by atoms with Crippen LogP contribution >= 0.6 is 22.6 Å². The van der Waals surface area contributed by atoms with Crippen LogP contribution in [0.1, 0.15) is 11.4 Å². The molecule has 0 aliphatic heterocycles. The van der Waals surface area contributed by atoms with Crippen molar-refractivity contribution in [2.45, 2.75) is 0 Å². The summed E-state index contributed by atoms with van der Waals surface area (Å²) in [5, 5.41) is 20.9. The first-order valence-corrected chi connectivity index (χ1v) is 9.94. The smallest absolute Gasteiger partial charge is 0.269 e. The number of nitro benzene ring substituents is 1. The molecule has 30 heavy (non-hydrogen) atoms. The largest absolute Gasteiger partial charge is 0.508 e. The Balaban J connectivity index is 1.92. The van der Waals surface area contributed by atoms with Crippen molar-refractivity contribution in [3.05, 3.63) is 102 Å². The van der Waals surface area contributed by atoms with Crippen LogP contribution in [0.5, 0.6) is 5.75 Å². The van der Waals surface area contributed by atoms with E-state index in [-0.39, 0.29) is 17.0 Å². The lowest BCUT2D eigenvalue weighted by Gasteiger charge is -2.11. The Kier molecular flexibility index (Phi) is 5.32. The maximum atomic E-state index is 13.3. The molecule has 0 unspecified atom stereocenters. The summed E-state index contributed by atoms with van der Waals surface area (Å²) in [5.41, 5.74) is 1.53. The zero-order valence-corrected chi connectivity index (χ0v) is 17.6. The molecule has 0 saturated carbocycles. The second-order valence-electron chi connectivity index (χ2n) is 6.47. The lowest BCUT2D eigenvalue weighted by Crippen LogP contribution is -2.22. The van der Waals surface area contributed by atoms with Crippen LogP contribution in [0.4, 0.5) is 5.69 Å². The molecule has 4 rings (SSSR count). The van der Waals surface area contributed by atoms with Crippen molar-refractivity contribution in [3.8, 4) is 11.4 Å². The SMILES string of the molecule is O=c1c2cc(I)ccc2nc(C=Cc2ccc(O)cc2)n1-c1ccc([N+](=O)[O-])cc1. The van der Waals surface area contributed by atoms with E-state index < -0.39 is 4.92 Å². The molecule has 0 saturated heterocycles. The van der Waals surface area contributed by atoms with Crippen molar-refractivity contribution in [1.82, 2.24) is 9.55 Å². The van der Waals surface area contributed by atoms with Gasteiger partial charge in [-0.3, -0.25) is 19.5 Å². The number of nitro groups is 1. The summed E-state index contributed by atoms with van der Waals surface area (Å²) in [5.74, 6) is 0.545. The minimum absolute atomic E-state index is 0.0590. The van der Waals surface area contributed by atoms with Gasteiger partial charge >= 0.3 is 0 Å². The fourth-order valence-corrected chi connectivity index (χ4v) is 3.51. The second kappa shape index (κ2) is 8.07. The molecular formula is C22H14IN3O4. The minimum atomic E-state index is -0.487. The summed E-state index contributed by atoms with van der Waals surface area (Å²) >= 11 is 2.13. The van der Waals surface area contributed by atoms with Crippen molar-refractivity contribution >= 4 is 51.3 Å². The molecule has 8 heteroatoms. The molecule has 0 spiro atoms. The van der Waals surface area contributed by atoms with E-state index in [0.717, 1.165) is 9.13 Å². The number of fused-ring (bicyclic) bond motifs is 1. The van der Waals surface area contributed by atoms with Crippen LogP contribution in [-0.4, -0.2) is 19.6 Å². The molecule has 1 heterocycles. The van der Waals surface area contributed by atoms with Gasteiger partial charge in [-0.15, -0.1) is 0 Å². The van der Waals surface area contributed by atoms with Gasteiger partial charge in [0.05, 0.1) is 21.5 Å². The van der Waals surface area contributed by atoms with Crippen LogP contribution in [0.2, 0.25) is 0 Å². The highest BCUT2D eigenvalue weighted by molar-refractivity contribution is 14.1. The van der Waals surface area contributed by atoms with E-state index in [0.29, 0.717) is 22.4 Å². The number of non-ortho nitro benzene ring substituents is 1. The molecule has 0 amide bonds. The molecule has 0 bridgehead atoms. The highest BCUT2D eigenvalue weighted by Gasteiger charge is 2.13. The third-order valence-corrected chi connectivity index (χ3v) is 5.16. The fourth-order valence-electron chi connectivity index (χ4n) is 3.02. The number of hydrogen-bond donors (Lipinski definition) is 1. The molecule has 0 atom stereocenters. The van der Waals surface area contributed by atoms with Crippen LogP contribution in [0.25, 0.3) is 28.7 Å². The van der Waals surface area contributed by atoms with Gasteiger partial charge in [0.15, 0.2) is 0 Å². The van der Waals surface area contributed by atoms with Gasteiger partial charge in [0.1, 0.15) is 11.6 Å². The maximum absolute atomic E-state index is 13.3. The second-order valence-corrected chi connectivity index (χ2v) is 7.72. The minimum Gasteiger partial charge on any atom is -0.508 e. The standard InChI is InChI=1S/C22H14IN3O4/c23-15-4-11-20-19(13-15)22(28)25(16-5-7-17(8-6-16)26(29)30)21(24-20)12-3-14-1-9-18(27)10-2-14/h1-13,27H. The first-order chi connectivity index (χ1) is 14.4. The Hall–Kier alpha value is -3.53. The number of rotatable bonds is 4. The molecule has 0 radical (unpaired) electrons. The zero-order valence-electron chi connectivity index (χ0n) is 15.4. The predicted molar refractivity (Wildman–Crippen MR) is 124 cm³/mol. The fraction of sp³-hybridized carbons (Fsp3) is 0. The van der Waals surface area contributed by atoms with Crippen molar-refractivity contribution in [3.63, 3.8) is 0 Å². The molecule has 1 N–H and O–H groups in total. The first kappa shape index (κ1) is 19.8. The Morgan fingerprint density at radius 3 is 2.37 bits per heavy atom.